The van der Waals surface area contributed by atoms with Crippen LogP contribution in [-0.4, -0.2) is 14.8 Å². The Morgan fingerprint density at radius 1 is 0.862 bits per heavy atom. The summed E-state index contributed by atoms with van der Waals surface area (Å²) >= 11 is 0. The molecule has 0 amide bonds. The molecule has 0 unspecified atom stereocenters. The summed E-state index contributed by atoms with van der Waals surface area (Å²) in [4.78, 5) is 22.1. The Labute approximate surface area is 173 Å². The SMILES string of the molecule is CC(C)(C)c1ccc(OP(=O)(O)O)c(C(C)(C)C)c1.c1ccc2ncccc2c1. The van der Waals surface area contributed by atoms with E-state index in [0.29, 0.717) is 0 Å². The number of pyridine rings is 1. The highest BCUT2D eigenvalue weighted by atomic mass is 31.2. The van der Waals surface area contributed by atoms with Crippen molar-refractivity contribution in [1.29, 1.82) is 0 Å². The van der Waals surface area contributed by atoms with Crippen LogP contribution in [0.1, 0.15) is 52.7 Å². The highest BCUT2D eigenvalue weighted by Crippen LogP contribution is 2.43. The summed E-state index contributed by atoms with van der Waals surface area (Å²) in [7, 11) is -4.54. The third-order valence-corrected chi connectivity index (χ3v) is 4.82. The normalized spacial score (nSPS) is 12.3. The fraction of sp³-hybridized carbons (Fsp3) is 0.348. The summed E-state index contributed by atoms with van der Waals surface area (Å²) in [6.45, 7) is 12.2. The molecule has 29 heavy (non-hydrogen) atoms. The van der Waals surface area contributed by atoms with Gasteiger partial charge in [-0.2, -0.15) is 0 Å². The second-order valence-corrected chi connectivity index (χ2v) is 10.2. The number of aromatic nitrogens is 1. The molecule has 0 aliphatic rings. The van der Waals surface area contributed by atoms with Crippen molar-refractivity contribution in [3.8, 4) is 5.75 Å². The van der Waals surface area contributed by atoms with Crippen molar-refractivity contribution in [2.45, 2.75) is 52.4 Å². The summed E-state index contributed by atoms with van der Waals surface area (Å²) in [6.07, 6.45) is 1.81. The van der Waals surface area contributed by atoms with E-state index in [2.05, 4.69) is 37.9 Å². The lowest BCUT2D eigenvalue weighted by Crippen LogP contribution is -2.17. The van der Waals surface area contributed by atoms with Crippen LogP contribution >= 0.6 is 7.82 Å². The smallest absolute Gasteiger partial charge is 0.404 e. The predicted molar refractivity (Wildman–Crippen MR) is 118 cm³/mol. The number of nitrogens with zero attached hydrogens (tertiary/aromatic N) is 1. The molecule has 0 spiro atoms. The van der Waals surface area contributed by atoms with Crippen LogP contribution in [0.4, 0.5) is 0 Å². The van der Waals surface area contributed by atoms with Crippen LogP contribution in [0.2, 0.25) is 0 Å². The lowest BCUT2D eigenvalue weighted by atomic mass is 9.80. The van der Waals surface area contributed by atoms with E-state index in [1.807, 2.05) is 63.4 Å². The van der Waals surface area contributed by atoms with Gasteiger partial charge in [-0.3, -0.25) is 14.8 Å². The van der Waals surface area contributed by atoms with Gasteiger partial charge in [-0.15, -0.1) is 0 Å². The van der Waals surface area contributed by atoms with Gasteiger partial charge in [0.2, 0.25) is 0 Å². The highest BCUT2D eigenvalue weighted by Gasteiger charge is 2.26. The zero-order valence-electron chi connectivity index (χ0n) is 17.9. The van der Waals surface area contributed by atoms with Gasteiger partial charge in [0.1, 0.15) is 5.75 Å². The maximum Gasteiger partial charge on any atom is 0.524 e. The molecule has 2 aromatic carbocycles. The first kappa shape index (κ1) is 23.1. The van der Waals surface area contributed by atoms with E-state index in [1.165, 1.54) is 5.39 Å². The summed E-state index contributed by atoms with van der Waals surface area (Å²) in [6, 6.07) is 17.5. The van der Waals surface area contributed by atoms with E-state index in [1.54, 1.807) is 6.07 Å². The van der Waals surface area contributed by atoms with Gasteiger partial charge in [0.15, 0.2) is 0 Å². The molecular weight excluding hydrogens is 385 g/mol. The quantitative estimate of drug-likeness (QED) is 0.503. The van der Waals surface area contributed by atoms with Gasteiger partial charge in [-0.05, 0) is 34.6 Å². The van der Waals surface area contributed by atoms with Gasteiger partial charge in [0, 0.05) is 17.1 Å². The topological polar surface area (TPSA) is 79.7 Å². The van der Waals surface area contributed by atoms with Crippen molar-refractivity contribution in [1.82, 2.24) is 4.98 Å². The van der Waals surface area contributed by atoms with Crippen LogP contribution in [0.5, 0.6) is 5.75 Å². The van der Waals surface area contributed by atoms with Crippen molar-refractivity contribution in [3.63, 3.8) is 0 Å². The van der Waals surface area contributed by atoms with E-state index >= 15 is 0 Å². The number of rotatable bonds is 2. The Balaban J connectivity index is 0.000000248. The third-order valence-electron chi connectivity index (χ3n) is 4.38. The molecule has 0 aliphatic heterocycles. The lowest BCUT2D eigenvalue weighted by Gasteiger charge is -2.27. The first-order valence-electron chi connectivity index (χ1n) is 9.47. The van der Waals surface area contributed by atoms with Gasteiger partial charge in [-0.1, -0.05) is 77.9 Å². The Morgan fingerprint density at radius 2 is 1.48 bits per heavy atom. The number of phosphoric acid groups is 1. The number of hydrogen-bond acceptors (Lipinski definition) is 3. The van der Waals surface area contributed by atoms with E-state index in [4.69, 9.17) is 14.3 Å². The molecule has 1 heterocycles. The van der Waals surface area contributed by atoms with Gasteiger partial charge < -0.3 is 4.52 Å². The van der Waals surface area contributed by atoms with Crippen LogP contribution in [0, 0.1) is 0 Å². The van der Waals surface area contributed by atoms with Crippen molar-refractivity contribution in [2.24, 2.45) is 0 Å². The maximum atomic E-state index is 11.0. The minimum Gasteiger partial charge on any atom is -0.404 e. The molecule has 0 radical (unpaired) electrons. The highest BCUT2D eigenvalue weighted by molar-refractivity contribution is 7.46. The Morgan fingerprint density at radius 3 is 2.03 bits per heavy atom. The van der Waals surface area contributed by atoms with E-state index in [9.17, 15) is 4.57 Å². The molecule has 0 saturated carbocycles. The zero-order chi connectivity index (χ0) is 21.9. The lowest BCUT2D eigenvalue weighted by molar-refractivity contribution is 0.281. The molecule has 0 aliphatic carbocycles. The fourth-order valence-corrected chi connectivity index (χ4v) is 3.22. The standard InChI is InChI=1S/C14H23O4P.C9H7N/c1-13(2,3)10-7-8-12(18-19(15,16)17)11(9-10)14(4,5)6;1-2-6-9-8(4-1)5-3-7-10-9/h7-9H,1-6H3,(H2,15,16,17);1-7H. The number of para-hydroxylation sites is 1. The molecule has 0 atom stereocenters. The Kier molecular flexibility index (Phi) is 6.89. The minimum atomic E-state index is -4.54. The molecule has 3 rings (SSSR count). The summed E-state index contributed by atoms with van der Waals surface area (Å²) in [5.74, 6) is 0.244. The molecule has 6 heteroatoms. The average molecular weight is 415 g/mol. The van der Waals surface area contributed by atoms with Gasteiger partial charge >= 0.3 is 7.82 Å². The van der Waals surface area contributed by atoms with Crippen molar-refractivity contribution in [3.05, 3.63) is 71.9 Å². The summed E-state index contributed by atoms with van der Waals surface area (Å²) < 4.78 is 15.8. The molecule has 0 bridgehead atoms. The van der Waals surface area contributed by atoms with Crippen LogP contribution in [0.25, 0.3) is 10.9 Å². The molecule has 5 nitrogen and oxygen atoms in total. The van der Waals surface area contributed by atoms with E-state index < -0.39 is 7.82 Å². The van der Waals surface area contributed by atoms with Crippen LogP contribution < -0.4 is 4.52 Å². The third kappa shape index (κ3) is 6.97. The molecule has 2 N–H and O–H groups in total. The number of benzene rings is 2. The number of hydrogen-bond donors (Lipinski definition) is 2. The van der Waals surface area contributed by atoms with E-state index in [-0.39, 0.29) is 16.6 Å². The van der Waals surface area contributed by atoms with Crippen molar-refractivity contribution < 1.29 is 18.9 Å². The Bertz CT molecular complexity index is 948. The first-order valence-corrected chi connectivity index (χ1v) is 11.0. The molecule has 0 saturated heterocycles. The van der Waals surface area contributed by atoms with E-state index in [0.717, 1.165) is 16.6 Å². The van der Waals surface area contributed by atoms with Gasteiger partial charge in [0.05, 0.1) is 5.52 Å². The number of phosphoric ester groups is 1. The first-order chi connectivity index (χ1) is 13.3. The second kappa shape index (κ2) is 8.66. The van der Waals surface area contributed by atoms with Crippen molar-refractivity contribution in [2.75, 3.05) is 0 Å². The second-order valence-electron chi connectivity index (χ2n) is 8.99. The summed E-state index contributed by atoms with van der Waals surface area (Å²) in [5, 5.41) is 1.20. The van der Waals surface area contributed by atoms with Crippen LogP contribution in [-0.2, 0) is 15.4 Å². The largest absolute Gasteiger partial charge is 0.524 e. The predicted octanol–water partition coefficient (Wildman–Crippen LogP) is 5.99. The molecule has 3 aromatic rings. The van der Waals surface area contributed by atoms with Gasteiger partial charge in [-0.25, -0.2) is 4.57 Å². The molecular formula is C23H30NO4P. The molecule has 1 aromatic heterocycles. The summed E-state index contributed by atoms with van der Waals surface area (Å²) in [5.41, 5.74) is 2.68. The minimum absolute atomic E-state index is 0.0271. The zero-order valence-corrected chi connectivity index (χ0v) is 18.8. The Hall–Kier alpha value is -2.20. The molecule has 0 fully saturated rings. The fourth-order valence-electron chi connectivity index (χ4n) is 2.81. The maximum absolute atomic E-state index is 11.0. The number of fused-ring (bicyclic) bond motifs is 1. The van der Waals surface area contributed by atoms with Gasteiger partial charge in [0.25, 0.3) is 0 Å². The van der Waals surface area contributed by atoms with Crippen LogP contribution in [0.3, 0.4) is 0 Å². The monoisotopic (exact) mass is 415 g/mol. The van der Waals surface area contributed by atoms with Crippen LogP contribution in [0.15, 0.2) is 60.8 Å². The van der Waals surface area contributed by atoms with Crippen molar-refractivity contribution >= 4 is 18.7 Å². The average Bonchev–Trinajstić information content (AvgIpc) is 2.59. The molecule has 156 valence electrons.